The molecule has 1 spiro atoms. The summed E-state index contributed by atoms with van der Waals surface area (Å²) in [5.74, 6) is 2.63. The van der Waals surface area contributed by atoms with Crippen molar-refractivity contribution in [3.63, 3.8) is 0 Å². The lowest BCUT2D eigenvalue weighted by Gasteiger charge is -2.43. The molecule has 0 aliphatic carbocycles. The Morgan fingerprint density at radius 1 is 1.56 bits per heavy atom. The Morgan fingerprint density at radius 2 is 2.44 bits per heavy atom. The number of ether oxygens (including phenoxy) is 1. The van der Waals surface area contributed by atoms with Crippen LogP contribution in [0.5, 0.6) is 0 Å². The molecule has 4 heteroatoms. The molecule has 0 saturated carbocycles. The van der Waals surface area contributed by atoms with Crippen LogP contribution < -0.4 is 0 Å². The van der Waals surface area contributed by atoms with Gasteiger partial charge in [-0.3, -0.25) is 0 Å². The maximum atomic E-state index is 10.9. The van der Waals surface area contributed by atoms with E-state index in [0.29, 0.717) is 5.92 Å². The topological polar surface area (TPSA) is 29.5 Å². The summed E-state index contributed by atoms with van der Waals surface area (Å²) in [4.78, 5) is 1.09. The second kappa shape index (κ2) is 4.82. The molecular formula is C14H20O2S2. The molecule has 100 valence electrons. The quantitative estimate of drug-likeness (QED) is 0.904. The van der Waals surface area contributed by atoms with Crippen molar-refractivity contribution in [2.75, 3.05) is 18.1 Å². The van der Waals surface area contributed by atoms with Crippen molar-refractivity contribution in [2.24, 2.45) is 5.92 Å². The van der Waals surface area contributed by atoms with Crippen LogP contribution in [0.15, 0.2) is 17.5 Å². The van der Waals surface area contributed by atoms with Crippen molar-refractivity contribution < 1.29 is 9.84 Å². The zero-order valence-electron chi connectivity index (χ0n) is 10.7. The van der Waals surface area contributed by atoms with Crippen molar-refractivity contribution in [3.05, 3.63) is 22.4 Å². The highest BCUT2D eigenvalue weighted by Crippen LogP contribution is 2.46. The normalized spacial score (nSPS) is 35.8. The van der Waals surface area contributed by atoms with E-state index in [1.165, 1.54) is 5.75 Å². The molecule has 18 heavy (non-hydrogen) atoms. The van der Waals surface area contributed by atoms with Crippen LogP contribution in [0.25, 0.3) is 0 Å². The van der Waals surface area contributed by atoms with Gasteiger partial charge in [-0.25, -0.2) is 0 Å². The van der Waals surface area contributed by atoms with Crippen LogP contribution in [0.3, 0.4) is 0 Å². The largest absolute Gasteiger partial charge is 0.384 e. The fraction of sp³-hybridized carbons (Fsp3) is 0.714. The highest BCUT2D eigenvalue weighted by atomic mass is 32.2. The summed E-state index contributed by atoms with van der Waals surface area (Å²) in [6.45, 7) is 2.78. The van der Waals surface area contributed by atoms with Gasteiger partial charge in [-0.2, -0.15) is 11.8 Å². The van der Waals surface area contributed by atoms with Crippen LogP contribution in [0.2, 0.25) is 0 Å². The molecule has 2 nitrogen and oxygen atoms in total. The van der Waals surface area contributed by atoms with Gasteiger partial charge < -0.3 is 9.84 Å². The Morgan fingerprint density at radius 3 is 3.11 bits per heavy atom. The molecule has 3 unspecified atom stereocenters. The molecule has 3 atom stereocenters. The van der Waals surface area contributed by atoms with E-state index >= 15 is 0 Å². The third kappa shape index (κ3) is 2.24. The fourth-order valence-electron chi connectivity index (χ4n) is 3.14. The number of hydrogen-bond acceptors (Lipinski definition) is 4. The molecule has 0 radical (unpaired) electrons. The van der Waals surface area contributed by atoms with Crippen LogP contribution in [0, 0.1) is 5.92 Å². The van der Waals surface area contributed by atoms with Gasteiger partial charge >= 0.3 is 0 Å². The van der Waals surface area contributed by atoms with Crippen molar-refractivity contribution in [2.45, 2.75) is 37.4 Å². The summed E-state index contributed by atoms with van der Waals surface area (Å²) < 4.78 is 6.04. The molecule has 3 heterocycles. The molecule has 1 aromatic rings. The smallest absolute Gasteiger partial charge is 0.0989 e. The first-order valence-electron chi connectivity index (χ1n) is 6.60. The third-order valence-electron chi connectivity index (χ3n) is 4.38. The first kappa shape index (κ1) is 13.0. The van der Waals surface area contributed by atoms with E-state index in [2.05, 4.69) is 6.07 Å². The van der Waals surface area contributed by atoms with E-state index in [0.717, 1.165) is 36.5 Å². The van der Waals surface area contributed by atoms with Crippen LogP contribution in [-0.2, 0) is 10.3 Å². The zero-order valence-corrected chi connectivity index (χ0v) is 12.4. The highest BCUT2D eigenvalue weighted by molar-refractivity contribution is 7.99. The van der Waals surface area contributed by atoms with Crippen molar-refractivity contribution in [1.82, 2.24) is 0 Å². The molecule has 2 fully saturated rings. The summed E-state index contributed by atoms with van der Waals surface area (Å²) in [7, 11) is 0. The highest BCUT2D eigenvalue weighted by Gasteiger charge is 2.46. The number of thiophene rings is 1. The van der Waals surface area contributed by atoms with Crippen LogP contribution >= 0.6 is 23.1 Å². The van der Waals surface area contributed by atoms with Gasteiger partial charge in [-0.15, -0.1) is 11.3 Å². The maximum absolute atomic E-state index is 10.9. The molecule has 0 bridgehead atoms. The summed E-state index contributed by atoms with van der Waals surface area (Å²) >= 11 is 3.64. The third-order valence-corrected chi connectivity index (χ3v) is 6.69. The molecule has 3 rings (SSSR count). The summed E-state index contributed by atoms with van der Waals surface area (Å²) in [5, 5.41) is 12.9. The summed E-state index contributed by atoms with van der Waals surface area (Å²) in [6.07, 6.45) is 3.12. The Hall–Kier alpha value is -0.0300. The van der Waals surface area contributed by atoms with Crippen molar-refractivity contribution >= 4 is 23.1 Å². The Balaban J connectivity index is 1.79. The van der Waals surface area contributed by atoms with E-state index in [4.69, 9.17) is 4.74 Å². The molecule has 0 aromatic carbocycles. The summed E-state index contributed by atoms with van der Waals surface area (Å²) in [5.41, 5.74) is -0.646. The van der Waals surface area contributed by atoms with Gasteiger partial charge in [0.25, 0.3) is 0 Å². The van der Waals surface area contributed by atoms with Gasteiger partial charge in [0.05, 0.1) is 11.2 Å². The van der Waals surface area contributed by atoms with Crippen molar-refractivity contribution in [3.8, 4) is 0 Å². The van der Waals surface area contributed by atoms with Crippen LogP contribution in [0.4, 0.5) is 0 Å². The predicted molar refractivity (Wildman–Crippen MR) is 77.2 cm³/mol. The number of thioether (sulfide) groups is 1. The van der Waals surface area contributed by atoms with Gasteiger partial charge in [0.15, 0.2) is 0 Å². The lowest BCUT2D eigenvalue weighted by molar-refractivity contribution is -0.128. The van der Waals surface area contributed by atoms with Gasteiger partial charge in [-0.05, 0) is 49.3 Å². The fourth-order valence-corrected chi connectivity index (χ4v) is 5.38. The van der Waals surface area contributed by atoms with E-state index in [-0.39, 0.29) is 5.60 Å². The number of rotatable bonds is 2. The van der Waals surface area contributed by atoms with Crippen LogP contribution in [0.1, 0.15) is 31.1 Å². The zero-order chi connectivity index (χ0) is 12.6. The van der Waals surface area contributed by atoms with Gasteiger partial charge in [0.2, 0.25) is 0 Å². The first-order chi connectivity index (χ1) is 8.62. The molecule has 1 aromatic heterocycles. The van der Waals surface area contributed by atoms with Gasteiger partial charge in [-0.1, -0.05) is 6.07 Å². The lowest BCUT2D eigenvalue weighted by Crippen LogP contribution is -2.46. The number of hydrogen-bond donors (Lipinski definition) is 1. The minimum Gasteiger partial charge on any atom is -0.384 e. The van der Waals surface area contributed by atoms with Gasteiger partial charge in [0, 0.05) is 17.2 Å². The predicted octanol–water partition coefficient (Wildman–Crippen LogP) is 3.26. The molecule has 2 saturated heterocycles. The molecule has 2 aliphatic rings. The second-order valence-electron chi connectivity index (χ2n) is 5.65. The molecule has 1 N–H and O–H groups in total. The van der Waals surface area contributed by atoms with E-state index in [1.54, 1.807) is 11.3 Å². The molecular weight excluding hydrogens is 264 g/mol. The SMILES string of the molecule is CC(O)(c1cccs1)C1CCOC2(CCSC2)C1. The van der Waals surface area contributed by atoms with Gasteiger partial charge in [0.1, 0.15) is 0 Å². The second-order valence-corrected chi connectivity index (χ2v) is 7.70. The Bertz CT molecular complexity index is 394. The van der Waals surface area contributed by atoms with E-state index in [1.807, 2.05) is 30.1 Å². The standard InChI is InChI=1S/C14H20O2S2/c1-13(15,12-3-2-7-18-12)11-4-6-16-14(9-11)5-8-17-10-14/h2-3,7,11,15H,4-6,8-10H2,1H3. The lowest BCUT2D eigenvalue weighted by atomic mass is 9.75. The van der Waals surface area contributed by atoms with E-state index in [9.17, 15) is 5.11 Å². The minimum atomic E-state index is -0.696. The van der Waals surface area contributed by atoms with E-state index < -0.39 is 5.60 Å². The molecule has 2 aliphatic heterocycles. The number of aliphatic hydroxyl groups is 1. The Labute approximate surface area is 117 Å². The molecule has 0 amide bonds. The van der Waals surface area contributed by atoms with Crippen molar-refractivity contribution in [1.29, 1.82) is 0 Å². The van der Waals surface area contributed by atoms with Crippen LogP contribution in [-0.4, -0.2) is 28.8 Å². The average molecular weight is 284 g/mol. The Kier molecular flexibility index (Phi) is 3.47. The summed E-state index contributed by atoms with van der Waals surface area (Å²) in [6, 6.07) is 4.07. The maximum Gasteiger partial charge on any atom is 0.0989 e. The minimum absolute atomic E-state index is 0.0504. The first-order valence-corrected chi connectivity index (χ1v) is 8.64. The monoisotopic (exact) mass is 284 g/mol. The average Bonchev–Trinajstić information content (AvgIpc) is 3.01.